The van der Waals surface area contributed by atoms with Gasteiger partial charge in [0.25, 0.3) is 0 Å². The molecule has 0 aliphatic rings. The van der Waals surface area contributed by atoms with Gasteiger partial charge in [-0.3, -0.25) is 4.84 Å². The van der Waals surface area contributed by atoms with Crippen LogP contribution in [0.4, 0.5) is 5.82 Å². The highest BCUT2D eigenvalue weighted by atomic mass is 16.6. The van der Waals surface area contributed by atoms with Crippen LogP contribution in [0.3, 0.4) is 0 Å². The molecule has 86 valence electrons. The number of rotatable bonds is 4. The third-order valence-corrected chi connectivity index (χ3v) is 2.01. The normalized spacial score (nSPS) is 10.7. The Morgan fingerprint density at radius 2 is 2.25 bits per heavy atom. The summed E-state index contributed by atoms with van der Waals surface area (Å²) in [4.78, 5) is 17.4. The van der Waals surface area contributed by atoms with Crippen molar-refractivity contribution in [1.29, 1.82) is 0 Å². The molecule has 7 nitrogen and oxygen atoms in total. The van der Waals surface area contributed by atoms with Crippen LogP contribution in [0.5, 0.6) is 6.01 Å². The molecular formula is C9H13N5O2. The third kappa shape index (κ3) is 1.76. The fraction of sp³-hybridized carbons (Fsp3) is 0.444. The molecule has 2 aromatic rings. The highest BCUT2D eigenvalue weighted by Gasteiger charge is 2.12. The first-order valence-corrected chi connectivity index (χ1v) is 4.87. The summed E-state index contributed by atoms with van der Waals surface area (Å²) in [6.07, 6.45) is 1.66. The van der Waals surface area contributed by atoms with Gasteiger partial charge in [-0.2, -0.15) is 9.97 Å². The lowest BCUT2D eigenvalue weighted by molar-refractivity contribution is 0.267. The molecule has 0 atom stereocenters. The van der Waals surface area contributed by atoms with Gasteiger partial charge in [0.1, 0.15) is 0 Å². The van der Waals surface area contributed by atoms with Crippen LogP contribution in [0.15, 0.2) is 6.33 Å². The van der Waals surface area contributed by atoms with E-state index in [1.165, 1.54) is 7.11 Å². The second-order valence-corrected chi connectivity index (χ2v) is 3.12. The fourth-order valence-corrected chi connectivity index (χ4v) is 1.35. The van der Waals surface area contributed by atoms with E-state index in [-0.39, 0.29) is 0 Å². The smallest absolute Gasteiger partial charge is 0.320 e. The van der Waals surface area contributed by atoms with Crippen molar-refractivity contribution in [2.75, 3.05) is 19.2 Å². The average molecular weight is 223 g/mol. The summed E-state index contributed by atoms with van der Waals surface area (Å²) in [6.45, 7) is 2.38. The Kier molecular flexibility index (Phi) is 2.86. The first kappa shape index (κ1) is 10.6. The van der Waals surface area contributed by atoms with E-state index in [1.54, 1.807) is 10.9 Å². The summed E-state index contributed by atoms with van der Waals surface area (Å²) in [6, 6.07) is 0.304. The summed E-state index contributed by atoms with van der Waals surface area (Å²) >= 11 is 0. The molecule has 7 heteroatoms. The Morgan fingerprint density at radius 3 is 2.94 bits per heavy atom. The summed E-state index contributed by atoms with van der Waals surface area (Å²) in [5.74, 6) is 0.497. The molecule has 2 heterocycles. The number of nitrogens with zero attached hydrogens (tertiary/aromatic N) is 4. The minimum atomic E-state index is 0.304. The minimum absolute atomic E-state index is 0.304. The fourth-order valence-electron chi connectivity index (χ4n) is 1.35. The molecule has 0 radical (unpaired) electrons. The number of aromatic nitrogens is 4. The minimum Gasteiger partial charge on any atom is -0.464 e. The zero-order valence-corrected chi connectivity index (χ0v) is 9.39. The highest BCUT2D eigenvalue weighted by molar-refractivity contribution is 5.82. The van der Waals surface area contributed by atoms with Crippen molar-refractivity contribution in [2.45, 2.75) is 6.92 Å². The second kappa shape index (κ2) is 4.31. The SMILES string of the molecule is CCOc1nc(NOC)c2ncn(C)c2n1. The van der Waals surface area contributed by atoms with Crippen LogP contribution in [0.25, 0.3) is 11.2 Å². The van der Waals surface area contributed by atoms with E-state index in [1.807, 2.05) is 14.0 Å². The van der Waals surface area contributed by atoms with Crippen molar-refractivity contribution in [1.82, 2.24) is 19.5 Å². The largest absolute Gasteiger partial charge is 0.464 e. The molecule has 0 aliphatic heterocycles. The molecular weight excluding hydrogens is 210 g/mol. The van der Waals surface area contributed by atoms with E-state index in [4.69, 9.17) is 9.57 Å². The van der Waals surface area contributed by atoms with Crippen LogP contribution < -0.4 is 10.2 Å². The molecule has 2 aromatic heterocycles. The lowest BCUT2D eigenvalue weighted by Gasteiger charge is -2.06. The van der Waals surface area contributed by atoms with E-state index < -0.39 is 0 Å². The molecule has 0 saturated heterocycles. The molecule has 16 heavy (non-hydrogen) atoms. The standard InChI is InChI=1S/C9H13N5O2/c1-4-16-9-11-7(13-15-3)6-8(12-9)14(2)5-10-6/h5H,4H2,1-3H3,(H,11,12,13). The highest BCUT2D eigenvalue weighted by Crippen LogP contribution is 2.20. The average Bonchev–Trinajstić information content (AvgIpc) is 2.62. The summed E-state index contributed by atoms with van der Waals surface area (Å²) < 4.78 is 7.06. The van der Waals surface area contributed by atoms with Gasteiger partial charge in [-0.15, -0.1) is 0 Å². The predicted molar refractivity (Wildman–Crippen MR) is 58.1 cm³/mol. The zero-order chi connectivity index (χ0) is 11.5. The molecule has 2 rings (SSSR count). The van der Waals surface area contributed by atoms with Gasteiger partial charge in [-0.1, -0.05) is 0 Å². The van der Waals surface area contributed by atoms with E-state index >= 15 is 0 Å². The van der Waals surface area contributed by atoms with E-state index in [2.05, 4.69) is 20.4 Å². The van der Waals surface area contributed by atoms with Crippen LogP contribution in [0, 0.1) is 0 Å². The first-order chi connectivity index (χ1) is 7.76. The van der Waals surface area contributed by atoms with Crippen molar-refractivity contribution in [3.8, 4) is 6.01 Å². The Bertz CT molecular complexity index is 496. The number of nitrogens with one attached hydrogen (secondary N) is 1. The summed E-state index contributed by atoms with van der Waals surface area (Å²) in [7, 11) is 3.37. The van der Waals surface area contributed by atoms with Gasteiger partial charge in [-0.05, 0) is 6.92 Å². The van der Waals surface area contributed by atoms with Crippen molar-refractivity contribution >= 4 is 17.0 Å². The zero-order valence-electron chi connectivity index (χ0n) is 9.39. The number of hydrogen-bond acceptors (Lipinski definition) is 6. The van der Waals surface area contributed by atoms with Crippen molar-refractivity contribution < 1.29 is 9.57 Å². The van der Waals surface area contributed by atoms with E-state index in [9.17, 15) is 0 Å². The number of aryl methyl sites for hydroxylation is 1. The summed E-state index contributed by atoms with van der Waals surface area (Å²) in [5.41, 5.74) is 3.99. The molecule has 0 fully saturated rings. The topological polar surface area (TPSA) is 74.1 Å². The lowest BCUT2D eigenvalue weighted by Crippen LogP contribution is -2.05. The monoisotopic (exact) mass is 223 g/mol. The quantitative estimate of drug-likeness (QED) is 0.770. The first-order valence-electron chi connectivity index (χ1n) is 4.87. The molecule has 0 bridgehead atoms. The predicted octanol–water partition coefficient (Wildman–Crippen LogP) is 0.735. The van der Waals surface area contributed by atoms with Crippen molar-refractivity contribution in [3.63, 3.8) is 0 Å². The number of hydrogen-bond donors (Lipinski definition) is 1. The molecule has 0 amide bonds. The molecule has 0 saturated carbocycles. The summed E-state index contributed by atoms with van der Waals surface area (Å²) in [5, 5.41) is 0. The number of anilines is 1. The molecule has 0 spiro atoms. The molecule has 0 unspecified atom stereocenters. The van der Waals surface area contributed by atoms with Crippen LogP contribution in [-0.2, 0) is 11.9 Å². The van der Waals surface area contributed by atoms with Gasteiger partial charge >= 0.3 is 6.01 Å². The maximum Gasteiger partial charge on any atom is 0.320 e. The van der Waals surface area contributed by atoms with Gasteiger partial charge in [0.15, 0.2) is 17.0 Å². The maximum atomic E-state index is 5.27. The van der Waals surface area contributed by atoms with Crippen molar-refractivity contribution in [3.05, 3.63) is 6.33 Å². The lowest BCUT2D eigenvalue weighted by atomic mass is 10.5. The van der Waals surface area contributed by atoms with Crippen LogP contribution in [0.1, 0.15) is 6.92 Å². The van der Waals surface area contributed by atoms with Gasteiger partial charge in [-0.25, -0.2) is 10.5 Å². The van der Waals surface area contributed by atoms with Gasteiger partial charge < -0.3 is 9.30 Å². The van der Waals surface area contributed by atoms with Gasteiger partial charge in [0, 0.05) is 7.05 Å². The Balaban J connectivity index is 2.56. The van der Waals surface area contributed by atoms with Crippen molar-refractivity contribution in [2.24, 2.45) is 7.05 Å². The van der Waals surface area contributed by atoms with Gasteiger partial charge in [0.2, 0.25) is 0 Å². The van der Waals surface area contributed by atoms with E-state index in [0.717, 1.165) is 0 Å². The number of ether oxygens (including phenoxy) is 1. The molecule has 0 aliphatic carbocycles. The number of fused-ring (bicyclic) bond motifs is 1. The van der Waals surface area contributed by atoms with E-state index in [0.29, 0.717) is 29.6 Å². The van der Waals surface area contributed by atoms with Crippen LogP contribution in [0.2, 0.25) is 0 Å². The second-order valence-electron chi connectivity index (χ2n) is 3.12. The molecule has 1 N–H and O–H groups in total. The third-order valence-electron chi connectivity index (χ3n) is 2.01. The number of imidazole rings is 1. The Labute approximate surface area is 92.4 Å². The maximum absolute atomic E-state index is 5.27. The Morgan fingerprint density at radius 1 is 1.44 bits per heavy atom. The van der Waals surface area contributed by atoms with Gasteiger partial charge in [0.05, 0.1) is 20.0 Å². The van der Waals surface area contributed by atoms with Crippen LogP contribution >= 0.6 is 0 Å². The van der Waals surface area contributed by atoms with Crippen LogP contribution in [-0.4, -0.2) is 33.2 Å². The Hall–Kier alpha value is -1.89. The molecule has 0 aromatic carbocycles.